The molecule has 5 heteroatoms. The Morgan fingerprint density at radius 1 is 0.274 bits per heavy atom. The van der Waals surface area contributed by atoms with E-state index in [-0.39, 0.29) is 0 Å². The molecule has 0 radical (unpaired) electrons. The summed E-state index contributed by atoms with van der Waals surface area (Å²) >= 11 is 0. The van der Waals surface area contributed by atoms with Gasteiger partial charge in [0.15, 0.2) is 17.5 Å². The highest BCUT2D eigenvalue weighted by Crippen LogP contribution is 2.44. The lowest BCUT2D eigenvalue weighted by molar-refractivity contribution is 1.07. The monoisotopic (exact) mass is 789 g/mol. The molecule has 10 aromatic carbocycles. The molecule has 0 bridgehead atoms. The van der Waals surface area contributed by atoms with Crippen molar-refractivity contribution >= 4 is 75.9 Å². The minimum absolute atomic E-state index is 0.643. The number of para-hydroxylation sites is 1. The zero-order valence-corrected chi connectivity index (χ0v) is 33.4. The number of hydrogen-bond acceptors (Lipinski definition) is 3. The Balaban J connectivity index is 1.02. The molecular weight excluding hydrogens is 755 g/mol. The van der Waals surface area contributed by atoms with Crippen LogP contribution in [-0.4, -0.2) is 24.1 Å². The van der Waals surface area contributed by atoms with Gasteiger partial charge < -0.3 is 9.13 Å². The second-order valence-electron chi connectivity index (χ2n) is 16.0. The van der Waals surface area contributed by atoms with Gasteiger partial charge in [-0.2, -0.15) is 0 Å². The minimum Gasteiger partial charge on any atom is -0.309 e. The smallest absolute Gasteiger partial charge is 0.164 e. The number of benzene rings is 10. The van der Waals surface area contributed by atoms with Crippen molar-refractivity contribution in [2.24, 2.45) is 0 Å². The maximum atomic E-state index is 5.01. The van der Waals surface area contributed by atoms with Gasteiger partial charge in [0, 0.05) is 49.6 Å². The van der Waals surface area contributed by atoms with Crippen LogP contribution < -0.4 is 0 Å². The van der Waals surface area contributed by atoms with Gasteiger partial charge in [-0.15, -0.1) is 0 Å². The van der Waals surface area contributed by atoms with Gasteiger partial charge in [-0.25, -0.2) is 15.0 Å². The Hall–Kier alpha value is -8.41. The Morgan fingerprint density at radius 3 is 1.52 bits per heavy atom. The highest BCUT2D eigenvalue weighted by atomic mass is 15.0. The SMILES string of the molecule is c1ccc(-c2nc(-c3ccccc3)nc(-c3ccc4cc(-n5c6ccccc6c6c5ccc5c7c8ccccc8ccc7n(-c7ccc8ccccc8c7)c56)ccc4c3)n2)cc1. The Bertz CT molecular complexity index is 3860. The molecular formula is C57H35N5. The minimum atomic E-state index is 0.643. The number of fused-ring (bicyclic) bond motifs is 11. The molecule has 3 heterocycles. The van der Waals surface area contributed by atoms with Crippen LogP contribution in [0.3, 0.4) is 0 Å². The van der Waals surface area contributed by atoms with Crippen molar-refractivity contribution in [3.63, 3.8) is 0 Å². The highest BCUT2D eigenvalue weighted by molar-refractivity contribution is 6.30. The summed E-state index contributed by atoms with van der Waals surface area (Å²) in [5.41, 5.74) is 9.84. The molecule has 288 valence electrons. The molecule has 0 aliphatic rings. The molecule has 0 amide bonds. The van der Waals surface area contributed by atoms with E-state index in [0.717, 1.165) is 44.4 Å². The topological polar surface area (TPSA) is 48.5 Å². The van der Waals surface area contributed by atoms with Crippen LogP contribution in [0.15, 0.2) is 212 Å². The van der Waals surface area contributed by atoms with E-state index in [1.165, 1.54) is 59.6 Å². The molecule has 0 saturated carbocycles. The largest absolute Gasteiger partial charge is 0.309 e. The maximum Gasteiger partial charge on any atom is 0.164 e. The van der Waals surface area contributed by atoms with Gasteiger partial charge in [-0.3, -0.25) is 0 Å². The molecule has 62 heavy (non-hydrogen) atoms. The summed E-state index contributed by atoms with van der Waals surface area (Å²) in [7, 11) is 0. The van der Waals surface area contributed by atoms with Gasteiger partial charge >= 0.3 is 0 Å². The fraction of sp³-hybridized carbons (Fsp3) is 0. The molecule has 0 N–H and O–H groups in total. The predicted octanol–water partition coefficient (Wildman–Crippen LogP) is 14.5. The number of rotatable bonds is 5. The van der Waals surface area contributed by atoms with Crippen LogP contribution in [0.4, 0.5) is 0 Å². The van der Waals surface area contributed by atoms with Gasteiger partial charge in [0.05, 0.1) is 22.1 Å². The van der Waals surface area contributed by atoms with E-state index >= 15 is 0 Å². The van der Waals surface area contributed by atoms with Crippen molar-refractivity contribution in [3.8, 4) is 45.5 Å². The first kappa shape index (κ1) is 34.5. The predicted molar refractivity (Wildman–Crippen MR) is 257 cm³/mol. The molecule has 0 spiro atoms. The normalized spacial score (nSPS) is 11.9. The maximum absolute atomic E-state index is 5.01. The van der Waals surface area contributed by atoms with Crippen LogP contribution in [-0.2, 0) is 0 Å². The first-order valence-electron chi connectivity index (χ1n) is 21.0. The standard InChI is InChI=1S/C57H35N5/c1-3-15-38(16-4-1)55-58-56(39-17-5-2-6-18-39)60-57(59-55)43-24-23-42-35-44(29-26-41(42)33-43)61-49-22-12-11-21-47(49)53-51(61)32-30-48-52-46-20-10-9-14-37(46)27-31-50(52)62(54(48)53)45-28-25-36-13-7-8-19-40(36)34-45/h1-35H. The summed E-state index contributed by atoms with van der Waals surface area (Å²) in [6, 6.07) is 75.9. The van der Waals surface area contributed by atoms with E-state index in [9.17, 15) is 0 Å². The summed E-state index contributed by atoms with van der Waals surface area (Å²) in [6.45, 7) is 0. The Morgan fingerprint density at radius 2 is 0.774 bits per heavy atom. The zero-order chi connectivity index (χ0) is 40.7. The van der Waals surface area contributed by atoms with E-state index in [1.807, 2.05) is 60.7 Å². The first-order chi connectivity index (χ1) is 30.7. The second-order valence-corrected chi connectivity index (χ2v) is 16.0. The summed E-state index contributed by atoms with van der Waals surface area (Å²) in [5.74, 6) is 1.95. The fourth-order valence-corrected chi connectivity index (χ4v) is 9.64. The highest BCUT2D eigenvalue weighted by Gasteiger charge is 2.22. The Labute approximate surface area is 356 Å². The van der Waals surface area contributed by atoms with Crippen molar-refractivity contribution in [3.05, 3.63) is 212 Å². The third-order valence-corrected chi connectivity index (χ3v) is 12.5. The first-order valence-corrected chi connectivity index (χ1v) is 21.0. The van der Waals surface area contributed by atoms with E-state index in [2.05, 4.69) is 161 Å². The number of hydrogen-bond donors (Lipinski definition) is 0. The second kappa shape index (κ2) is 13.6. The van der Waals surface area contributed by atoms with Gasteiger partial charge in [0.2, 0.25) is 0 Å². The number of nitrogens with zero attached hydrogens (tertiary/aromatic N) is 5. The third-order valence-electron chi connectivity index (χ3n) is 12.5. The van der Waals surface area contributed by atoms with Gasteiger partial charge in [-0.05, 0) is 80.8 Å². The lowest BCUT2D eigenvalue weighted by atomic mass is 10.0. The quantitative estimate of drug-likeness (QED) is 0.174. The molecule has 0 fully saturated rings. The summed E-state index contributed by atoms with van der Waals surface area (Å²) in [5, 5.41) is 12.2. The third kappa shape index (κ3) is 5.32. The molecule has 13 rings (SSSR count). The van der Waals surface area contributed by atoms with Crippen LogP contribution in [0, 0.1) is 0 Å². The molecule has 0 aliphatic carbocycles. The molecule has 0 unspecified atom stereocenters. The van der Waals surface area contributed by atoms with Crippen molar-refractivity contribution < 1.29 is 0 Å². The average Bonchev–Trinajstić information content (AvgIpc) is 3.87. The fourth-order valence-electron chi connectivity index (χ4n) is 9.64. The molecule has 0 saturated heterocycles. The van der Waals surface area contributed by atoms with E-state index in [1.54, 1.807) is 0 Å². The summed E-state index contributed by atoms with van der Waals surface area (Å²) in [4.78, 5) is 14.9. The van der Waals surface area contributed by atoms with Crippen LogP contribution in [0.2, 0.25) is 0 Å². The van der Waals surface area contributed by atoms with Crippen LogP contribution in [0.5, 0.6) is 0 Å². The van der Waals surface area contributed by atoms with Crippen LogP contribution in [0.1, 0.15) is 0 Å². The summed E-state index contributed by atoms with van der Waals surface area (Å²) in [6.07, 6.45) is 0. The van der Waals surface area contributed by atoms with Gasteiger partial charge in [-0.1, -0.05) is 164 Å². The van der Waals surface area contributed by atoms with Gasteiger partial charge in [0.1, 0.15) is 0 Å². The molecule has 3 aromatic heterocycles. The van der Waals surface area contributed by atoms with Crippen molar-refractivity contribution in [1.29, 1.82) is 0 Å². The lowest BCUT2D eigenvalue weighted by Crippen LogP contribution is -2.00. The van der Waals surface area contributed by atoms with Gasteiger partial charge in [0.25, 0.3) is 0 Å². The average molecular weight is 790 g/mol. The molecule has 0 atom stereocenters. The Kier molecular flexibility index (Phi) is 7.54. The van der Waals surface area contributed by atoms with Crippen molar-refractivity contribution in [1.82, 2.24) is 24.1 Å². The molecule has 13 aromatic rings. The van der Waals surface area contributed by atoms with Crippen molar-refractivity contribution in [2.45, 2.75) is 0 Å². The van der Waals surface area contributed by atoms with E-state index in [4.69, 9.17) is 15.0 Å². The number of aromatic nitrogens is 5. The summed E-state index contributed by atoms with van der Waals surface area (Å²) < 4.78 is 4.93. The van der Waals surface area contributed by atoms with E-state index in [0.29, 0.717) is 17.5 Å². The van der Waals surface area contributed by atoms with Crippen LogP contribution >= 0.6 is 0 Å². The van der Waals surface area contributed by atoms with Crippen LogP contribution in [0.25, 0.3) is 121 Å². The molecule has 5 nitrogen and oxygen atoms in total. The van der Waals surface area contributed by atoms with Crippen molar-refractivity contribution in [2.75, 3.05) is 0 Å². The van der Waals surface area contributed by atoms with E-state index < -0.39 is 0 Å². The molecule has 0 aliphatic heterocycles. The zero-order valence-electron chi connectivity index (χ0n) is 33.4. The lowest BCUT2D eigenvalue weighted by Gasteiger charge is -2.12.